The largest absolute Gasteiger partial charge is 0.339 e. The number of anilines is 1. The van der Waals surface area contributed by atoms with Gasteiger partial charge in [-0.15, -0.1) is 0 Å². The molecule has 138 valence electrons. The topological polar surface area (TPSA) is 59.2 Å². The van der Waals surface area contributed by atoms with Crippen LogP contribution in [-0.4, -0.2) is 22.6 Å². The first kappa shape index (κ1) is 17.9. The van der Waals surface area contributed by atoms with Gasteiger partial charge in [-0.3, -0.25) is 4.79 Å². The predicted molar refractivity (Wildman–Crippen MR) is 95.8 cm³/mol. The molecular weight excluding hydrogens is 399 g/mol. The molecule has 0 saturated carbocycles. The molecule has 1 fully saturated rings. The van der Waals surface area contributed by atoms with Crippen LogP contribution in [0.3, 0.4) is 0 Å². The molecule has 1 saturated heterocycles. The van der Waals surface area contributed by atoms with Gasteiger partial charge in [0.25, 0.3) is 0 Å². The Labute approximate surface area is 162 Å². The van der Waals surface area contributed by atoms with Gasteiger partial charge >= 0.3 is 0 Å². The van der Waals surface area contributed by atoms with Gasteiger partial charge in [0.1, 0.15) is 11.6 Å². The number of hydrogen-bond acceptors (Lipinski definition) is 4. The Hall–Kier alpha value is -2.51. The van der Waals surface area contributed by atoms with Crippen molar-refractivity contribution in [3.63, 3.8) is 0 Å². The smallest absolute Gasteiger partial charge is 0.232 e. The fourth-order valence-corrected chi connectivity index (χ4v) is 3.30. The number of halogens is 4. The molecule has 4 rings (SSSR count). The quantitative estimate of drug-likeness (QED) is 0.620. The van der Waals surface area contributed by atoms with Crippen molar-refractivity contribution in [1.29, 1.82) is 0 Å². The number of aromatic nitrogens is 2. The highest BCUT2D eigenvalue weighted by Crippen LogP contribution is 2.34. The zero-order valence-electron chi connectivity index (χ0n) is 13.6. The molecule has 1 atom stereocenters. The van der Waals surface area contributed by atoms with Crippen molar-refractivity contribution < 1.29 is 18.1 Å². The van der Waals surface area contributed by atoms with Gasteiger partial charge in [0, 0.05) is 23.6 Å². The van der Waals surface area contributed by atoms with Crippen molar-refractivity contribution in [2.24, 2.45) is 0 Å². The second kappa shape index (κ2) is 6.90. The van der Waals surface area contributed by atoms with Crippen LogP contribution in [0.4, 0.5) is 14.5 Å². The Morgan fingerprint density at radius 1 is 1.11 bits per heavy atom. The van der Waals surface area contributed by atoms with Crippen LogP contribution in [0.5, 0.6) is 0 Å². The highest BCUT2D eigenvalue weighted by Gasteiger charge is 2.36. The Morgan fingerprint density at radius 2 is 1.89 bits per heavy atom. The Bertz CT molecular complexity index is 1040. The second-order valence-electron chi connectivity index (χ2n) is 6.09. The van der Waals surface area contributed by atoms with Crippen LogP contribution < -0.4 is 4.90 Å². The monoisotopic (exact) mass is 409 g/mol. The van der Waals surface area contributed by atoms with Gasteiger partial charge in [-0.25, -0.2) is 8.78 Å². The number of carbonyl (C=O) groups is 1. The van der Waals surface area contributed by atoms with E-state index < -0.39 is 17.6 Å². The number of rotatable bonds is 3. The molecule has 1 unspecified atom stereocenters. The molecule has 1 amide bonds. The molecule has 5 nitrogen and oxygen atoms in total. The molecule has 3 aromatic rings. The highest BCUT2D eigenvalue weighted by atomic mass is 35.5. The van der Waals surface area contributed by atoms with E-state index in [1.807, 2.05) is 0 Å². The zero-order valence-corrected chi connectivity index (χ0v) is 15.1. The molecule has 1 aromatic heterocycles. The van der Waals surface area contributed by atoms with Crippen molar-refractivity contribution in [3.05, 3.63) is 64.0 Å². The van der Waals surface area contributed by atoms with Crippen molar-refractivity contribution in [2.75, 3.05) is 11.4 Å². The Morgan fingerprint density at radius 3 is 2.67 bits per heavy atom. The summed E-state index contributed by atoms with van der Waals surface area (Å²) in [6.45, 7) is 0.182. The van der Waals surface area contributed by atoms with E-state index in [9.17, 15) is 13.6 Å². The minimum atomic E-state index is -0.551. The second-order valence-corrected chi connectivity index (χ2v) is 6.93. The normalized spacial score (nSPS) is 17.0. The van der Waals surface area contributed by atoms with Crippen molar-refractivity contribution in [3.8, 4) is 11.4 Å². The molecule has 0 N–H and O–H groups in total. The first-order valence-electron chi connectivity index (χ1n) is 7.97. The summed E-state index contributed by atoms with van der Waals surface area (Å²) in [4.78, 5) is 17.9. The van der Waals surface area contributed by atoms with E-state index in [0.717, 1.165) is 0 Å². The lowest BCUT2D eigenvalue weighted by molar-refractivity contribution is -0.117. The average Bonchev–Trinajstić information content (AvgIpc) is 3.26. The van der Waals surface area contributed by atoms with Crippen LogP contribution in [0, 0.1) is 11.6 Å². The number of nitrogens with zero attached hydrogens (tertiary/aromatic N) is 3. The molecule has 9 heteroatoms. The van der Waals surface area contributed by atoms with Crippen LogP contribution >= 0.6 is 23.2 Å². The third-order valence-corrected chi connectivity index (χ3v) is 4.82. The van der Waals surface area contributed by atoms with Crippen molar-refractivity contribution in [1.82, 2.24) is 10.1 Å². The molecule has 0 aliphatic carbocycles. The Balaban J connectivity index is 1.58. The van der Waals surface area contributed by atoms with Gasteiger partial charge < -0.3 is 9.42 Å². The zero-order chi connectivity index (χ0) is 19.1. The predicted octanol–water partition coefficient (Wildman–Crippen LogP) is 4.84. The van der Waals surface area contributed by atoms with Crippen LogP contribution in [-0.2, 0) is 4.79 Å². The number of benzene rings is 2. The summed E-state index contributed by atoms with van der Waals surface area (Å²) < 4.78 is 32.6. The number of amides is 1. The first-order valence-corrected chi connectivity index (χ1v) is 8.72. The summed E-state index contributed by atoms with van der Waals surface area (Å²) >= 11 is 11.7. The van der Waals surface area contributed by atoms with Crippen LogP contribution in [0.25, 0.3) is 11.4 Å². The summed E-state index contributed by atoms with van der Waals surface area (Å²) in [5, 5.41) is 4.14. The van der Waals surface area contributed by atoms with Gasteiger partial charge in [-0.2, -0.15) is 4.98 Å². The molecule has 0 spiro atoms. The molecular formula is C18H11Cl2F2N3O2. The molecule has 0 radical (unpaired) electrons. The minimum Gasteiger partial charge on any atom is -0.339 e. The maximum absolute atomic E-state index is 14.1. The van der Waals surface area contributed by atoms with Crippen LogP contribution in [0.1, 0.15) is 18.2 Å². The van der Waals surface area contributed by atoms with E-state index >= 15 is 0 Å². The maximum atomic E-state index is 14.1. The lowest BCUT2D eigenvalue weighted by Gasteiger charge is -2.17. The van der Waals surface area contributed by atoms with Crippen LogP contribution in [0.2, 0.25) is 10.0 Å². The standard InChI is InChI=1S/C18H11Cl2F2N3O2/c19-11-2-4-14(22)15(7-11)25-8-10(6-16(25)26)18-23-17(24-27-18)9-1-3-13(21)12(20)5-9/h1-5,7,10H,6,8H2. The lowest BCUT2D eigenvalue weighted by Crippen LogP contribution is -2.25. The summed E-state index contributed by atoms with van der Waals surface area (Å²) in [5.41, 5.74) is 0.596. The summed E-state index contributed by atoms with van der Waals surface area (Å²) in [5.74, 6) is -1.29. The summed E-state index contributed by atoms with van der Waals surface area (Å²) in [6, 6.07) is 8.09. The molecule has 1 aliphatic rings. The molecule has 2 heterocycles. The lowest BCUT2D eigenvalue weighted by atomic mass is 10.1. The fourth-order valence-electron chi connectivity index (χ4n) is 2.95. The molecule has 27 heavy (non-hydrogen) atoms. The molecule has 2 aromatic carbocycles. The number of carbonyl (C=O) groups excluding carboxylic acids is 1. The highest BCUT2D eigenvalue weighted by molar-refractivity contribution is 6.31. The van der Waals surface area contributed by atoms with Gasteiger partial charge in [-0.1, -0.05) is 28.4 Å². The molecule has 1 aliphatic heterocycles. The average molecular weight is 410 g/mol. The Kier molecular flexibility index (Phi) is 4.57. The van der Waals surface area contributed by atoms with Gasteiger partial charge in [0.15, 0.2) is 0 Å². The van der Waals surface area contributed by atoms with E-state index in [4.69, 9.17) is 27.7 Å². The third kappa shape index (κ3) is 3.40. The maximum Gasteiger partial charge on any atom is 0.232 e. The third-order valence-electron chi connectivity index (χ3n) is 4.29. The van der Waals surface area contributed by atoms with E-state index in [0.29, 0.717) is 10.6 Å². The summed E-state index contributed by atoms with van der Waals surface area (Å²) in [6.07, 6.45) is 0.0950. The van der Waals surface area contributed by atoms with E-state index in [2.05, 4.69) is 10.1 Å². The van der Waals surface area contributed by atoms with Crippen molar-refractivity contribution in [2.45, 2.75) is 12.3 Å². The van der Waals surface area contributed by atoms with E-state index in [-0.39, 0.29) is 41.3 Å². The number of hydrogen-bond donors (Lipinski definition) is 0. The van der Waals surface area contributed by atoms with E-state index in [1.165, 1.54) is 41.3 Å². The van der Waals surface area contributed by atoms with E-state index in [1.54, 1.807) is 0 Å². The molecule has 0 bridgehead atoms. The SMILES string of the molecule is O=C1CC(c2nc(-c3ccc(F)c(Cl)c3)no2)CN1c1cc(Cl)ccc1F. The fraction of sp³-hybridized carbons (Fsp3) is 0.167. The van der Waals surface area contributed by atoms with Gasteiger partial charge in [-0.05, 0) is 36.4 Å². The van der Waals surface area contributed by atoms with Crippen molar-refractivity contribution >= 4 is 34.8 Å². The summed E-state index contributed by atoms with van der Waals surface area (Å²) in [7, 11) is 0. The minimum absolute atomic E-state index is 0.0579. The van der Waals surface area contributed by atoms with Crippen LogP contribution in [0.15, 0.2) is 40.9 Å². The first-order chi connectivity index (χ1) is 12.9. The van der Waals surface area contributed by atoms with Gasteiger partial charge in [0.2, 0.25) is 17.6 Å². The van der Waals surface area contributed by atoms with Gasteiger partial charge in [0.05, 0.1) is 16.6 Å².